The van der Waals surface area contributed by atoms with E-state index in [1.165, 1.54) is 0 Å². The lowest BCUT2D eigenvalue weighted by atomic mass is 9.98. The highest BCUT2D eigenvalue weighted by atomic mass is 16.5. The van der Waals surface area contributed by atoms with E-state index in [4.69, 9.17) is 4.74 Å². The van der Waals surface area contributed by atoms with Crippen molar-refractivity contribution >= 4 is 17.0 Å². The second-order valence-electron chi connectivity index (χ2n) is 7.78. The number of aromatic carboxylic acids is 1. The van der Waals surface area contributed by atoms with Crippen molar-refractivity contribution in [2.24, 2.45) is 0 Å². The van der Waals surface area contributed by atoms with E-state index in [-0.39, 0.29) is 5.56 Å². The molecule has 0 saturated carbocycles. The zero-order valence-electron chi connectivity index (χ0n) is 18.7. The van der Waals surface area contributed by atoms with Gasteiger partial charge in [0.1, 0.15) is 11.6 Å². The molecule has 0 radical (unpaired) electrons. The molecule has 5 aromatic rings. The van der Waals surface area contributed by atoms with Crippen LogP contribution in [0.1, 0.15) is 29.5 Å². The number of hydrogen-bond donors (Lipinski definition) is 2. The van der Waals surface area contributed by atoms with Crippen LogP contribution in [-0.2, 0) is 0 Å². The first kappa shape index (κ1) is 21.3. The van der Waals surface area contributed by atoms with Gasteiger partial charge < -0.3 is 9.84 Å². The van der Waals surface area contributed by atoms with Gasteiger partial charge in [-0.05, 0) is 48.4 Å². The molecule has 0 spiro atoms. The summed E-state index contributed by atoms with van der Waals surface area (Å²) < 4.78 is 8.02. The zero-order valence-corrected chi connectivity index (χ0v) is 18.7. The number of fused-ring (bicyclic) bond motifs is 1. The number of benzene rings is 3. The molecule has 2 heterocycles. The largest absolute Gasteiger partial charge is 0.493 e. The van der Waals surface area contributed by atoms with Crippen molar-refractivity contribution in [3.8, 4) is 34.0 Å². The average molecular weight is 454 g/mol. The highest BCUT2D eigenvalue weighted by Gasteiger charge is 2.20. The van der Waals surface area contributed by atoms with Crippen molar-refractivity contribution in [2.75, 3.05) is 6.61 Å². The van der Waals surface area contributed by atoms with Gasteiger partial charge in [0.2, 0.25) is 5.82 Å². The standard InChI is InChI=1S/C25H22N6O3/c1-3-13-34-22-14-16(31-15(2)26-21-10-6-9-20(23(21)31)25(32)33)11-12-18(22)17-7-4-5-8-19(17)24-27-29-30-28-24/h4-12,14H,3,13H2,1-2H3,(H,32,33)(H,27,28,29,30). The minimum Gasteiger partial charge on any atom is -0.493 e. The number of aromatic amines is 1. The number of nitrogens with one attached hydrogen (secondary N) is 1. The van der Waals surface area contributed by atoms with Crippen LogP contribution < -0.4 is 4.74 Å². The first-order valence-electron chi connectivity index (χ1n) is 10.9. The number of H-pyrrole nitrogens is 1. The molecule has 0 aliphatic rings. The second kappa shape index (κ2) is 8.78. The van der Waals surface area contributed by atoms with Gasteiger partial charge in [0.05, 0.1) is 28.9 Å². The molecular formula is C25H22N6O3. The molecule has 9 nitrogen and oxygen atoms in total. The number of para-hydroxylation sites is 1. The summed E-state index contributed by atoms with van der Waals surface area (Å²) in [4.78, 5) is 16.5. The van der Waals surface area contributed by atoms with E-state index in [2.05, 4.69) is 25.6 Å². The molecule has 34 heavy (non-hydrogen) atoms. The van der Waals surface area contributed by atoms with Crippen LogP contribution in [0.4, 0.5) is 0 Å². The average Bonchev–Trinajstić information content (AvgIpc) is 3.50. The Morgan fingerprint density at radius 2 is 1.88 bits per heavy atom. The van der Waals surface area contributed by atoms with Crippen molar-refractivity contribution in [3.05, 3.63) is 72.1 Å². The Balaban J connectivity index is 1.71. The fourth-order valence-electron chi connectivity index (χ4n) is 4.12. The summed E-state index contributed by atoms with van der Waals surface area (Å²) in [6.07, 6.45) is 0.840. The normalized spacial score (nSPS) is 11.1. The quantitative estimate of drug-likeness (QED) is 0.367. The molecule has 2 N–H and O–H groups in total. The number of carboxylic acid groups (broad SMARTS) is 1. The number of ether oxygens (including phenoxy) is 1. The topological polar surface area (TPSA) is 119 Å². The van der Waals surface area contributed by atoms with E-state index >= 15 is 0 Å². The van der Waals surface area contributed by atoms with Gasteiger partial charge in [-0.1, -0.05) is 37.3 Å². The Morgan fingerprint density at radius 3 is 2.62 bits per heavy atom. The van der Waals surface area contributed by atoms with E-state index < -0.39 is 5.97 Å². The summed E-state index contributed by atoms with van der Waals surface area (Å²) in [5.74, 6) is 0.845. The van der Waals surface area contributed by atoms with Gasteiger partial charge in [-0.25, -0.2) is 9.78 Å². The monoisotopic (exact) mass is 454 g/mol. The van der Waals surface area contributed by atoms with Gasteiger partial charge >= 0.3 is 5.97 Å². The van der Waals surface area contributed by atoms with Crippen molar-refractivity contribution < 1.29 is 14.6 Å². The number of rotatable bonds is 7. The lowest BCUT2D eigenvalue weighted by molar-refractivity contribution is 0.0698. The second-order valence-corrected chi connectivity index (χ2v) is 7.78. The Bertz CT molecular complexity index is 1490. The molecular weight excluding hydrogens is 432 g/mol. The number of aromatic nitrogens is 6. The minimum absolute atomic E-state index is 0.195. The van der Waals surface area contributed by atoms with Crippen LogP contribution in [0.3, 0.4) is 0 Å². The molecule has 0 aliphatic carbocycles. The molecule has 2 aromatic heterocycles. The van der Waals surface area contributed by atoms with Gasteiger partial charge in [0.15, 0.2) is 0 Å². The predicted octanol–water partition coefficient (Wildman–Crippen LogP) is 4.67. The molecule has 3 aromatic carbocycles. The maximum atomic E-state index is 11.9. The van der Waals surface area contributed by atoms with Crippen LogP contribution >= 0.6 is 0 Å². The number of carboxylic acids is 1. The maximum absolute atomic E-state index is 11.9. The van der Waals surface area contributed by atoms with Crippen molar-refractivity contribution in [2.45, 2.75) is 20.3 Å². The van der Waals surface area contributed by atoms with Crippen LogP contribution in [0.15, 0.2) is 60.7 Å². The van der Waals surface area contributed by atoms with E-state index in [0.29, 0.717) is 35.0 Å². The molecule has 0 fully saturated rings. The third-order valence-corrected chi connectivity index (χ3v) is 5.56. The molecule has 5 rings (SSSR count). The number of tetrazole rings is 1. The molecule has 0 aliphatic heterocycles. The highest BCUT2D eigenvalue weighted by Crippen LogP contribution is 2.38. The fraction of sp³-hybridized carbons (Fsp3) is 0.160. The van der Waals surface area contributed by atoms with Crippen LogP contribution in [0.25, 0.3) is 39.2 Å². The van der Waals surface area contributed by atoms with Crippen LogP contribution in [-0.4, -0.2) is 47.9 Å². The maximum Gasteiger partial charge on any atom is 0.337 e. The van der Waals surface area contributed by atoms with Gasteiger partial charge in [-0.3, -0.25) is 4.57 Å². The van der Waals surface area contributed by atoms with Crippen LogP contribution in [0, 0.1) is 6.92 Å². The van der Waals surface area contributed by atoms with Crippen molar-refractivity contribution in [1.82, 2.24) is 30.2 Å². The zero-order chi connectivity index (χ0) is 23.7. The fourth-order valence-corrected chi connectivity index (χ4v) is 4.12. The number of carbonyl (C=O) groups is 1. The summed E-state index contributed by atoms with van der Waals surface area (Å²) in [5, 5.41) is 24.2. The van der Waals surface area contributed by atoms with Gasteiger partial charge in [0.25, 0.3) is 0 Å². The number of nitrogens with zero attached hydrogens (tertiary/aromatic N) is 5. The van der Waals surface area contributed by atoms with Crippen molar-refractivity contribution in [3.63, 3.8) is 0 Å². The smallest absolute Gasteiger partial charge is 0.337 e. The molecule has 0 amide bonds. The van der Waals surface area contributed by atoms with Crippen molar-refractivity contribution in [1.29, 1.82) is 0 Å². The first-order valence-corrected chi connectivity index (χ1v) is 10.9. The Labute approximate surface area is 195 Å². The van der Waals surface area contributed by atoms with Gasteiger partial charge in [-0.15, -0.1) is 10.2 Å². The van der Waals surface area contributed by atoms with E-state index in [1.807, 2.05) is 66.9 Å². The third-order valence-electron chi connectivity index (χ3n) is 5.56. The van der Waals surface area contributed by atoms with E-state index in [0.717, 1.165) is 28.8 Å². The summed E-state index contributed by atoms with van der Waals surface area (Å²) in [5.41, 5.74) is 4.73. The molecule has 0 saturated heterocycles. The van der Waals surface area contributed by atoms with E-state index in [9.17, 15) is 9.90 Å². The predicted molar refractivity (Wildman–Crippen MR) is 127 cm³/mol. The highest BCUT2D eigenvalue weighted by molar-refractivity contribution is 6.02. The molecule has 170 valence electrons. The molecule has 0 atom stereocenters. The molecule has 0 unspecified atom stereocenters. The lowest BCUT2D eigenvalue weighted by Gasteiger charge is -2.16. The SMILES string of the molecule is CCCOc1cc(-n2c(C)nc3cccc(C(=O)O)c32)ccc1-c1ccccc1-c1nn[nH]n1. The molecule has 9 heteroatoms. The Morgan fingerprint density at radius 1 is 1.06 bits per heavy atom. The summed E-state index contributed by atoms with van der Waals surface area (Å²) >= 11 is 0. The first-order chi connectivity index (χ1) is 16.6. The lowest BCUT2D eigenvalue weighted by Crippen LogP contribution is -2.05. The third kappa shape index (κ3) is 3.66. The summed E-state index contributed by atoms with van der Waals surface area (Å²) in [6.45, 7) is 4.44. The minimum atomic E-state index is -1.00. The van der Waals surface area contributed by atoms with Gasteiger partial charge in [-0.2, -0.15) is 5.21 Å². The number of imidazole rings is 1. The molecule has 0 bridgehead atoms. The Kier molecular flexibility index (Phi) is 5.51. The number of hydrogen-bond acceptors (Lipinski definition) is 6. The summed E-state index contributed by atoms with van der Waals surface area (Å²) in [7, 11) is 0. The summed E-state index contributed by atoms with van der Waals surface area (Å²) in [6, 6.07) is 18.7. The van der Waals surface area contributed by atoms with Gasteiger partial charge in [0, 0.05) is 17.2 Å². The Hall–Kier alpha value is -4.53. The van der Waals surface area contributed by atoms with Crippen LogP contribution in [0.5, 0.6) is 5.75 Å². The van der Waals surface area contributed by atoms with Crippen LogP contribution in [0.2, 0.25) is 0 Å². The van der Waals surface area contributed by atoms with E-state index in [1.54, 1.807) is 12.1 Å². The number of aryl methyl sites for hydroxylation is 1.